The number of carbonyl (C=O) groups is 1. The number of benzene rings is 1. The van der Waals surface area contributed by atoms with Crippen molar-refractivity contribution >= 4 is 6.09 Å². The van der Waals surface area contributed by atoms with Crippen molar-refractivity contribution in [3.8, 4) is 6.07 Å². The summed E-state index contributed by atoms with van der Waals surface area (Å²) in [6.45, 7) is 1.03. The van der Waals surface area contributed by atoms with Crippen LogP contribution in [-0.2, 0) is 11.3 Å². The molecule has 0 bridgehead atoms. The van der Waals surface area contributed by atoms with Crippen LogP contribution in [0.4, 0.5) is 4.79 Å². The molecule has 1 aliphatic heterocycles. The molecule has 0 aromatic heterocycles. The van der Waals surface area contributed by atoms with Gasteiger partial charge in [-0.25, -0.2) is 4.79 Å². The molecule has 1 amide bonds. The van der Waals surface area contributed by atoms with E-state index in [0.29, 0.717) is 19.5 Å². The van der Waals surface area contributed by atoms with E-state index in [1.165, 1.54) is 4.90 Å². The Labute approximate surface area is 118 Å². The lowest BCUT2D eigenvalue weighted by molar-refractivity contribution is 0.0596. The van der Waals surface area contributed by atoms with Crippen LogP contribution in [0.2, 0.25) is 0 Å². The quantitative estimate of drug-likeness (QED) is 0.911. The summed E-state index contributed by atoms with van der Waals surface area (Å²) in [4.78, 5) is 13.5. The monoisotopic (exact) mass is 274 g/mol. The molecule has 0 radical (unpaired) electrons. The molecule has 0 aliphatic carbocycles. The van der Waals surface area contributed by atoms with Gasteiger partial charge < -0.3 is 14.7 Å². The number of carbonyl (C=O) groups excluding carboxylic acids is 1. The number of likely N-dealkylation sites (tertiary alicyclic amines) is 1. The number of amides is 1. The third-order valence-corrected chi connectivity index (χ3v) is 3.44. The van der Waals surface area contributed by atoms with Crippen LogP contribution in [0.1, 0.15) is 12.0 Å². The van der Waals surface area contributed by atoms with Crippen molar-refractivity contribution in [3.05, 3.63) is 35.9 Å². The maximum absolute atomic E-state index is 12.0. The Morgan fingerprint density at radius 1 is 1.40 bits per heavy atom. The van der Waals surface area contributed by atoms with Gasteiger partial charge in [-0.2, -0.15) is 5.26 Å². The fourth-order valence-corrected chi connectivity index (χ4v) is 2.39. The zero-order valence-corrected chi connectivity index (χ0v) is 11.2. The third kappa shape index (κ3) is 3.72. The van der Waals surface area contributed by atoms with Gasteiger partial charge in [0, 0.05) is 25.6 Å². The lowest BCUT2D eigenvalue weighted by atomic mass is 9.91. The number of rotatable bonds is 3. The van der Waals surface area contributed by atoms with Gasteiger partial charge >= 0.3 is 6.09 Å². The Morgan fingerprint density at radius 2 is 2.15 bits per heavy atom. The van der Waals surface area contributed by atoms with Gasteiger partial charge in [0.05, 0.1) is 12.0 Å². The summed E-state index contributed by atoms with van der Waals surface area (Å²) in [6.07, 6.45) is 0.211. The molecule has 1 N–H and O–H groups in total. The van der Waals surface area contributed by atoms with Gasteiger partial charge in [0.25, 0.3) is 0 Å². The Bertz CT molecular complexity index is 484. The van der Waals surface area contributed by atoms with E-state index in [1.807, 2.05) is 30.3 Å². The first-order valence-corrected chi connectivity index (χ1v) is 6.69. The van der Waals surface area contributed by atoms with E-state index in [0.717, 1.165) is 5.56 Å². The first kappa shape index (κ1) is 14.4. The molecule has 5 nitrogen and oxygen atoms in total. The van der Waals surface area contributed by atoms with Crippen LogP contribution in [0.5, 0.6) is 0 Å². The van der Waals surface area contributed by atoms with Gasteiger partial charge in [0.15, 0.2) is 0 Å². The molecule has 2 unspecified atom stereocenters. The van der Waals surface area contributed by atoms with E-state index >= 15 is 0 Å². The fraction of sp³-hybridized carbons (Fsp3) is 0.467. The number of nitrogens with zero attached hydrogens (tertiary/aromatic N) is 2. The Hall–Kier alpha value is -2.06. The van der Waals surface area contributed by atoms with Gasteiger partial charge in [0.2, 0.25) is 0 Å². The molecule has 106 valence electrons. The number of aliphatic hydroxyl groups is 1. The molecule has 1 aromatic carbocycles. The predicted octanol–water partition coefficient (Wildman–Crippen LogP) is 1.78. The van der Waals surface area contributed by atoms with Gasteiger partial charge in [-0.1, -0.05) is 30.3 Å². The van der Waals surface area contributed by atoms with E-state index in [4.69, 9.17) is 10.00 Å². The molecule has 5 heteroatoms. The highest BCUT2D eigenvalue weighted by atomic mass is 16.6. The molecule has 20 heavy (non-hydrogen) atoms. The Kier molecular flexibility index (Phi) is 4.97. The first-order valence-electron chi connectivity index (χ1n) is 6.69. The third-order valence-electron chi connectivity index (χ3n) is 3.44. The zero-order chi connectivity index (χ0) is 14.4. The van der Waals surface area contributed by atoms with Crippen molar-refractivity contribution < 1.29 is 14.6 Å². The topological polar surface area (TPSA) is 73.6 Å². The number of piperidine rings is 1. The minimum absolute atomic E-state index is 0.0132. The summed E-state index contributed by atoms with van der Waals surface area (Å²) < 4.78 is 5.25. The zero-order valence-electron chi connectivity index (χ0n) is 11.2. The van der Waals surface area contributed by atoms with Crippen molar-refractivity contribution in [2.24, 2.45) is 11.8 Å². The van der Waals surface area contributed by atoms with Gasteiger partial charge in [-0.15, -0.1) is 0 Å². The van der Waals surface area contributed by atoms with Crippen LogP contribution in [0, 0.1) is 23.2 Å². The van der Waals surface area contributed by atoms with Crippen LogP contribution in [-0.4, -0.2) is 35.8 Å². The van der Waals surface area contributed by atoms with Crippen LogP contribution in [0.15, 0.2) is 30.3 Å². The van der Waals surface area contributed by atoms with Crippen LogP contribution < -0.4 is 0 Å². The number of ether oxygens (including phenoxy) is 1. The highest BCUT2D eigenvalue weighted by molar-refractivity contribution is 5.67. The van der Waals surface area contributed by atoms with E-state index in [2.05, 4.69) is 6.07 Å². The number of nitriles is 1. The first-order chi connectivity index (χ1) is 9.72. The molecular weight excluding hydrogens is 256 g/mol. The molecule has 2 rings (SSSR count). The molecule has 2 atom stereocenters. The summed E-state index contributed by atoms with van der Waals surface area (Å²) in [7, 11) is 0. The Balaban J connectivity index is 1.89. The molecule has 1 fully saturated rings. The highest BCUT2D eigenvalue weighted by Crippen LogP contribution is 2.21. The second-order valence-electron chi connectivity index (χ2n) is 5.06. The van der Waals surface area contributed by atoms with Gasteiger partial charge in [0.1, 0.15) is 6.61 Å². The average Bonchev–Trinajstić information content (AvgIpc) is 2.52. The Morgan fingerprint density at radius 3 is 2.80 bits per heavy atom. The van der Waals surface area contributed by atoms with Crippen molar-refractivity contribution in [1.82, 2.24) is 4.90 Å². The summed E-state index contributed by atoms with van der Waals surface area (Å²) in [5.41, 5.74) is 0.924. The normalized spacial score (nSPS) is 22.1. The molecule has 0 saturated carbocycles. The van der Waals surface area contributed by atoms with Crippen molar-refractivity contribution in [2.45, 2.75) is 13.0 Å². The fourth-order valence-electron chi connectivity index (χ4n) is 2.39. The SMILES string of the molecule is N#CC1CC(CO)CN(C(=O)OCc2ccccc2)C1. The highest BCUT2D eigenvalue weighted by Gasteiger charge is 2.30. The smallest absolute Gasteiger partial charge is 0.410 e. The lowest BCUT2D eigenvalue weighted by Crippen LogP contribution is -2.44. The van der Waals surface area contributed by atoms with E-state index in [-0.39, 0.29) is 25.0 Å². The molecule has 1 aromatic rings. The molecule has 1 heterocycles. The maximum atomic E-state index is 12.0. The molecule has 0 spiro atoms. The van der Waals surface area contributed by atoms with E-state index < -0.39 is 6.09 Å². The van der Waals surface area contributed by atoms with Gasteiger partial charge in [-0.05, 0) is 12.0 Å². The van der Waals surface area contributed by atoms with Crippen molar-refractivity contribution in [1.29, 1.82) is 5.26 Å². The van der Waals surface area contributed by atoms with Crippen LogP contribution in [0.25, 0.3) is 0 Å². The van der Waals surface area contributed by atoms with E-state index in [1.54, 1.807) is 0 Å². The average molecular weight is 274 g/mol. The summed E-state index contributed by atoms with van der Waals surface area (Å²) in [6, 6.07) is 11.6. The minimum Gasteiger partial charge on any atom is -0.445 e. The molecule has 1 saturated heterocycles. The number of hydrogen-bond acceptors (Lipinski definition) is 4. The van der Waals surface area contributed by atoms with Gasteiger partial charge in [-0.3, -0.25) is 0 Å². The maximum Gasteiger partial charge on any atom is 0.410 e. The van der Waals surface area contributed by atoms with E-state index in [9.17, 15) is 9.90 Å². The van der Waals surface area contributed by atoms with Crippen molar-refractivity contribution in [2.75, 3.05) is 19.7 Å². The number of aliphatic hydroxyl groups excluding tert-OH is 1. The largest absolute Gasteiger partial charge is 0.445 e. The number of hydrogen-bond donors (Lipinski definition) is 1. The standard InChI is InChI=1S/C15H18N2O3/c16-7-13-6-14(10-18)9-17(8-13)15(19)20-11-12-4-2-1-3-5-12/h1-5,13-14,18H,6,8-11H2. The second kappa shape index (κ2) is 6.92. The second-order valence-corrected chi connectivity index (χ2v) is 5.06. The molecular formula is C15H18N2O3. The predicted molar refractivity (Wildman–Crippen MR) is 72.5 cm³/mol. The minimum atomic E-state index is -0.424. The lowest BCUT2D eigenvalue weighted by Gasteiger charge is -2.33. The molecule has 1 aliphatic rings. The van der Waals surface area contributed by atoms with Crippen LogP contribution >= 0.6 is 0 Å². The summed E-state index contributed by atoms with van der Waals surface area (Å²) in [5.74, 6) is -0.275. The van der Waals surface area contributed by atoms with Crippen molar-refractivity contribution in [3.63, 3.8) is 0 Å². The summed E-state index contributed by atoms with van der Waals surface area (Å²) in [5, 5.41) is 18.2. The van der Waals surface area contributed by atoms with Crippen LogP contribution in [0.3, 0.4) is 0 Å². The summed E-state index contributed by atoms with van der Waals surface area (Å²) >= 11 is 0.